The number of pyridine rings is 1. The molecular formula is C33H30FN7O2S. The van der Waals surface area contributed by atoms with E-state index in [0.29, 0.717) is 43.1 Å². The van der Waals surface area contributed by atoms with Crippen molar-refractivity contribution in [3.63, 3.8) is 0 Å². The summed E-state index contributed by atoms with van der Waals surface area (Å²) in [4.78, 5) is 31.4. The van der Waals surface area contributed by atoms with Crippen molar-refractivity contribution >= 4 is 34.2 Å². The molecule has 0 aliphatic carbocycles. The maximum Gasteiger partial charge on any atom is 0.335 e. The van der Waals surface area contributed by atoms with Crippen molar-refractivity contribution in [1.82, 2.24) is 24.4 Å². The Morgan fingerprint density at radius 3 is 2.73 bits per heavy atom. The Bertz CT molecular complexity index is 1890. The summed E-state index contributed by atoms with van der Waals surface area (Å²) in [5.74, 6) is 0.818. The van der Waals surface area contributed by atoms with E-state index in [-0.39, 0.29) is 11.4 Å². The summed E-state index contributed by atoms with van der Waals surface area (Å²) >= 11 is 1.57. The molecule has 0 bridgehead atoms. The molecule has 1 N–H and O–H groups in total. The number of piperidine rings is 1. The smallest absolute Gasteiger partial charge is 0.335 e. The summed E-state index contributed by atoms with van der Waals surface area (Å²) in [5, 5.41) is 18.7. The van der Waals surface area contributed by atoms with Crippen molar-refractivity contribution in [2.24, 2.45) is 0 Å². The van der Waals surface area contributed by atoms with E-state index in [4.69, 9.17) is 9.97 Å². The highest BCUT2D eigenvalue weighted by molar-refractivity contribution is 7.09. The fourth-order valence-corrected chi connectivity index (χ4v) is 6.97. The lowest BCUT2D eigenvalue weighted by Crippen LogP contribution is -2.34. The second-order valence-electron chi connectivity index (χ2n) is 11.4. The highest BCUT2D eigenvalue weighted by Crippen LogP contribution is 2.32. The SMILES string of the molecule is N#Cc1cc(F)c2c(c1)CCN(c1cccc(C3CCN(Cc4nc5ccc(C(=O)O)cc5n4Cc4cncs4)CC3)n1)C2. The molecule has 9 nitrogen and oxygen atoms in total. The van der Waals surface area contributed by atoms with Crippen molar-refractivity contribution in [2.45, 2.75) is 44.8 Å². The number of carbonyl (C=O) groups is 1. The molecular weight excluding hydrogens is 577 g/mol. The molecule has 7 rings (SSSR count). The van der Waals surface area contributed by atoms with Crippen LogP contribution in [-0.4, -0.2) is 55.1 Å². The maximum absolute atomic E-state index is 14.8. The van der Waals surface area contributed by atoms with Gasteiger partial charge in [-0.25, -0.2) is 19.2 Å². The predicted molar refractivity (Wildman–Crippen MR) is 165 cm³/mol. The molecule has 44 heavy (non-hydrogen) atoms. The van der Waals surface area contributed by atoms with Gasteiger partial charge in [-0.1, -0.05) is 6.07 Å². The number of aromatic nitrogens is 4. The van der Waals surface area contributed by atoms with E-state index in [1.807, 2.05) is 24.4 Å². The number of hydrogen-bond acceptors (Lipinski definition) is 8. The number of anilines is 1. The lowest BCUT2D eigenvalue weighted by atomic mass is 9.93. The van der Waals surface area contributed by atoms with Crippen LogP contribution in [0.25, 0.3) is 11.0 Å². The first kappa shape index (κ1) is 28.1. The summed E-state index contributed by atoms with van der Waals surface area (Å²) in [6, 6.07) is 16.4. The number of fused-ring (bicyclic) bond motifs is 2. The number of nitrogens with zero attached hydrogens (tertiary/aromatic N) is 7. The van der Waals surface area contributed by atoms with Gasteiger partial charge < -0.3 is 14.6 Å². The van der Waals surface area contributed by atoms with Crippen LogP contribution in [0.4, 0.5) is 10.2 Å². The number of benzene rings is 2. The number of carboxylic acids is 1. The summed E-state index contributed by atoms with van der Waals surface area (Å²) in [6.45, 7) is 4.22. The molecule has 1 saturated heterocycles. The van der Waals surface area contributed by atoms with Crippen LogP contribution in [0.2, 0.25) is 0 Å². The molecule has 0 spiro atoms. The Labute approximate surface area is 257 Å². The molecule has 3 aromatic heterocycles. The van der Waals surface area contributed by atoms with Gasteiger partial charge in [0.05, 0.1) is 46.8 Å². The normalized spacial score (nSPS) is 15.8. The van der Waals surface area contributed by atoms with Gasteiger partial charge in [-0.3, -0.25) is 9.88 Å². The first-order valence-corrected chi connectivity index (χ1v) is 15.6. The van der Waals surface area contributed by atoms with Gasteiger partial charge in [-0.05, 0) is 80.4 Å². The van der Waals surface area contributed by atoms with Gasteiger partial charge in [-0.2, -0.15) is 5.26 Å². The fourth-order valence-electron chi connectivity index (χ4n) is 6.39. The van der Waals surface area contributed by atoms with E-state index in [2.05, 4.69) is 25.4 Å². The zero-order valence-electron chi connectivity index (χ0n) is 24.0. The van der Waals surface area contributed by atoms with E-state index in [1.54, 1.807) is 41.1 Å². The monoisotopic (exact) mass is 607 g/mol. The quantitative estimate of drug-likeness (QED) is 0.255. The van der Waals surface area contributed by atoms with Crippen molar-refractivity contribution in [3.05, 3.63) is 105 Å². The van der Waals surface area contributed by atoms with Crippen LogP contribution in [0, 0.1) is 17.1 Å². The summed E-state index contributed by atoms with van der Waals surface area (Å²) in [6.07, 6.45) is 4.45. The second kappa shape index (κ2) is 11.8. The van der Waals surface area contributed by atoms with Gasteiger partial charge in [-0.15, -0.1) is 11.3 Å². The number of nitriles is 1. The molecule has 0 radical (unpaired) electrons. The Morgan fingerprint density at radius 1 is 1.09 bits per heavy atom. The van der Waals surface area contributed by atoms with Gasteiger partial charge in [0.1, 0.15) is 17.5 Å². The van der Waals surface area contributed by atoms with Crippen LogP contribution < -0.4 is 4.90 Å². The molecule has 2 aliphatic rings. The Kier molecular flexibility index (Phi) is 7.54. The third kappa shape index (κ3) is 5.54. The first-order chi connectivity index (χ1) is 21.4. The molecule has 0 unspecified atom stereocenters. The number of rotatable bonds is 7. The van der Waals surface area contributed by atoms with Crippen LogP contribution in [0.5, 0.6) is 0 Å². The highest BCUT2D eigenvalue weighted by Gasteiger charge is 2.26. The molecule has 2 aliphatic heterocycles. The largest absolute Gasteiger partial charge is 0.478 e. The highest BCUT2D eigenvalue weighted by atomic mass is 32.1. The molecule has 2 aromatic carbocycles. The number of imidazole rings is 1. The minimum absolute atomic E-state index is 0.247. The minimum atomic E-state index is -0.954. The van der Waals surface area contributed by atoms with E-state index in [9.17, 15) is 19.6 Å². The van der Waals surface area contributed by atoms with Crippen LogP contribution in [0.3, 0.4) is 0 Å². The zero-order valence-corrected chi connectivity index (χ0v) is 24.8. The standard InChI is InChI=1S/C33H30FN7O2S/c34-27-13-21(15-35)12-23-8-11-40(18-26(23)27)31-3-1-2-28(37-31)22-6-9-39(10-7-22)19-32-38-29-5-4-24(33(42)43)14-30(29)41(32)17-25-16-36-20-44-25/h1-5,12-14,16,20,22H,6-11,17-19H2,(H,42,43). The minimum Gasteiger partial charge on any atom is -0.478 e. The molecule has 5 heterocycles. The molecule has 0 saturated carbocycles. The number of aromatic carboxylic acids is 1. The van der Waals surface area contributed by atoms with E-state index in [0.717, 1.165) is 71.3 Å². The van der Waals surface area contributed by atoms with Gasteiger partial charge in [0.25, 0.3) is 0 Å². The second-order valence-corrected chi connectivity index (χ2v) is 12.4. The average molecular weight is 608 g/mol. The van der Waals surface area contributed by atoms with Crippen LogP contribution in [0.1, 0.15) is 62.2 Å². The van der Waals surface area contributed by atoms with Crippen molar-refractivity contribution in [1.29, 1.82) is 5.26 Å². The molecule has 0 amide bonds. The molecule has 5 aromatic rings. The number of halogens is 1. The van der Waals surface area contributed by atoms with E-state index >= 15 is 0 Å². The topological polar surface area (TPSA) is 111 Å². The van der Waals surface area contributed by atoms with Crippen molar-refractivity contribution in [3.8, 4) is 6.07 Å². The van der Waals surface area contributed by atoms with Crippen molar-refractivity contribution in [2.75, 3.05) is 24.5 Å². The number of carboxylic acid groups (broad SMARTS) is 1. The predicted octanol–water partition coefficient (Wildman–Crippen LogP) is 5.59. The summed E-state index contributed by atoms with van der Waals surface area (Å²) in [5.41, 5.74) is 6.64. The lowest BCUT2D eigenvalue weighted by molar-refractivity contribution is 0.0697. The van der Waals surface area contributed by atoms with Gasteiger partial charge in [0.2, 0.25) is 0 Å². The Balaban J connectivity index is 1.05. The van der Waals surface area contributed by atoms with Gasteiger partial charge >= 0.3 is 5.97 Å². The lowest BCUT2D eigenvalue weighted by Gasteiger charge is -2.33. The van der Waals surface area contributed by atoms with Crippen LogP contribution in [0.15, 0.2) is 60.2 Å². The summed E-state index contributed by atoms with van der Waals surface area (Å²) < 4.78 is 16.9. The molecule has 222 valence electrons. The van der Waals surface area contributed by atoms with Gasteiger partial charge in [0, 0.05) is 41.3 Å². The average Bonchev–Trinajstić information content (AvgIpc) is 3.69. The van der Waals surface area contributed by atoms with Crippen LogP contribution >= 0.6 is 11.3 Å². The number of likely N-dealkylation sites (tertiary alicyclic amines) is 1. The maximum atomic E-state index is 14.8. The molecule has 1 fully saturated rings. The van der Waals surface area contributed by atoms with E-state index < -0.39 is 5.97 Å². The molecule has 0 atom stereocenters. The van der Waals surface area contributed by atoms with Gasteiger partial charge in [0.15, 0.2) is 0 Å². The fraction of sp³-hybridized carbons (Fsp3) is 0.303. The van der Waals surface area contributed by atoms with Crippen LogP contribution in [-0.2, 0) is 26.1 Å². The number of hydrogen-bond donors (Lipinski definition) is 1. The third-order valence-electron chi connectivity index (χ3n) is 8.74. The zero-order chi connectivity index (χ0) is 30.2. The third-order valence-corrected chi connectivity index (χ3v) is 9.50. The number of thiazole rings is 1. The Morgan fingerprint density at radius 2 is 1.95 bits per heavy atom. The van der Waals surface area contributed by atoms with Crippen molar-refractivity contribution < 1.29 is 14.3 Å². The Hall–Kier alpha value is -4.66. The first-order valence-electron chi connectivity index (χ1n) is 14.7. The summed E-state index contributed by atoms with van der Waals surface area (Å²) in [7, 11) is 0. The molecule has 11 heteroatoms. The van der Waals surface area contributed by atoms with E-state index in [1.165, 1.54) is 6.07 Å².